The van der Waals surface area contributed by atoms with E-state index in [9.17, 15) is 18.8 Å². The van der Waals surface area contributed by atoms with Crippen LogP contribution in [-0.2, 0) is 16.0 Å². The molecule has 0 bridgehead atoms. The highest BCUT2D eigenvalue weighted by Crippen LogP contribution is 2.32. The second kappa shape index (κ2) is 8.34. The average Bonchev–Trinajstić information content (AvgIpc) is 2.99. The first kappa shape index (κ1) is 20.8. The van der Waals surface area contributed by atoms with Crippen LogP contribution in [0.15, 0.2) is 24.3 Å². The van der Waals surface area contributed by atoms with Crippen molar-refractivity contribution in [1.29, 1.82) is 0 Å². The van der Waals surface area contributed by atoms with E-state index in [1.54, 1.807) is 23.1 Å². The van der Waals surface area contributed by atoms with Crippen LogP contribution in [0, 0.1) is 5.82 Å². The van der Waals surface area contributed by atoms with Gasteiger partial charge < -0.3 is 15.1 Å². The van der Waals surface area contributed by atoms with Crippen molar-refractivity contribution in [2.75, 3.05) is 32.7 Å². The van der Waals surface area contributed by atoms with Crippen LogP contribution in [0.25, 0.3) is 0 Å². The summed E-state index contributed by atoms with van der Waals surface area (Å²) in [6, 6.07) is 5.58. The van der Waals surface area contributed by atoms with Gasteiger partial charge in [0, 0.05) is 26.2 Å². The number of carbonyl (C=O) groups excluding carboxylic acids is 3. The van der Waals surface area contributed by atoms with Crippen LogP contribution >= 0.6 is 0 Å². The minimum Gasteiger partial charge on any atom is -0.340 e. The Morgan fingerprint density at radius 2 is 1.93 bits per heavy atom. The number of hydrogen-bond acceptors (Lipinski definition) is 4. The van der Waals surface area contributed by atoms with Crippen LogP contribution in [-0.4, -0.2) is 76.8 Å². The van der Waals surface area contributed by atoms with E-state index in [1.807, 2.05) is 0 Å². The van der Waals surface area contributed by atoms with Gasteiger partial charge in [0.15, 0.2) is 0 Å². The fraction of sp³-hybridized carbons (Fsp3) is 0.591. The summed E-state index contributed by atoms with van der Waals surface area (Å²) in [5.74, 6) is -0.728. The van der Waals surface area contributed by atoms with Gasteiger partial charge in [0.1, 0.15) is 11.4 Å². The van der Waals surface area contributed by atoms with Crippen LogP contribution < -0.4 is 5.32 Å². The third-order valence-electron chi connectivity index (χ3n) is 6.76. The second-order valence-electron chi connectivity index (χ2n) is 8.53. The number of nitrogens with zero attached hydrogens (tertiary/aromatic N) is 3. The second-order valence-corrected chi connectivity index (χ2v) is 8.53. The molecule has 3 saturated heterocycles. The fourth-order valence-electron chi connectivity index (χ4n) is 4.87. The van der Waals surface area contributed by atoms with Crippen molar-refractivity contribution in [2.45, 2.75) is 50.6 Å². The molecule has 3 aliphatic rings. The largest absolute Gasteiger partial charge is 0.340 e. The lowest BCUT2D eigenvalue weighted by molar-refractivity contribution is -0.138. The first-order valence-corrected chi connectivity index (χ1v) is 10.8. The number of likely N-dealkylation sites (tertiary alicyclic amines) is 2. The Balaban J connectivity index is 1.43. The zero-order valence-electron chi connectivity index (χ0n) is 17.4. The van der Waals surface area contributed by atoms with Crippen molar-refractivity contribution in [2.24, 2.45) is 0 Å². The molecule has 0 aromatic heterocycles. The third kappa shape index (κ3) is 3.80. The van der Waals surface area contributed by atoms with E-state index in [0.29, 0.717) is 44.3 Å². The minimum atomic E-state index is -0.803. The molecule has 1 aromatic carbocycles. The standard InChI is InChI=1S/C22H29FN4O3/c1-2-25-12-9-22(10-13-25)20(29)27(21(30)24-22)17-7-5-11-26(15-17)19(28)14-16-6-3-4-8-18(16)23/h3-4,6,8,17H,2,5,7,9-15H2,1H3,(H,24,30). The summed E-state index contributed by atoms with van der Waals surface area (Å²) >= 11 is 0. The summed E-state index contributed by atoms with van der Waals surface area (Å²) in [5, 5.41) is 2.96. The molecule has 0 saturated carbocycles. The Labute approximate surface area is 176 Å². The maximum atomic E-state index is 13.9. The van der Waals surface area contributed by atoms with E-state index in [2.05, 4.69) is 17.1 Å². The molecule has 3 heterocycles. The Morgan fingerprint density at radius 1 is 1.20 bits per heavy atom. The summed E-state index contributed by atoms with van der Waals surface area (Å²) in [6.07, 6.45) is 2.60. The molecule has 162 valence electrons. The predicted molar refractivity (Wildman–Crippen MR) is 109 cm³/mol. The molecular weight excluding hydrogens is 387 g/mol. The van der Waals surface area contributed by atoms with Crippen LogP contribution in [0.3, 0.4) is 0 Å². The van der Waals surface area contributed by atoms with Gasteiger partial charge in [0.25, 0.3) is 5.91 Å². The summed E-state index contributed by atoms with van der Waals surface area (Å²) in [6.45, 7) is 5.47. The molecule has 4 rings (SSSR count). The van der Waals surface area contributed by atoms with E-state index in [0.717, 1.165) is 19.6 Å². The predicted octanol–water partition coefficient (Wildman–Crippen LogP) is 1.77. The van der Waals surface area contributed by atoms with Crippen molar-refractivity contribution in [1.82, 2.24) is 20.0 Å². The van der Waals surface area contributed by atoms with E-state index in [4.69, 9.17) is 0 Å². The number of imide groups is 1. The Kier molecular flexibility index (Phi) is 5.77. The van der Waals surface area contributed by atoms with Gasteiger partial charge in [-0.05, 0) is 43.9 Å². The summed E-state index contributed by atoms with van der Waals surface area (Å²) < 4.78 is 13.9. The quantitative estimate of drug-likeness (QED) is 0.760. The normalized spacial score (nSPS) is 24.4. The number of amides is 4. The first-order chi connectivity index (χ1) is 14.4. The van der Waals surface area contributed by atoms with Gasteiger partial charge in [0.05, 0.1) is 12.5 Å². The fourth-order valence-corrected chi connectivity index (χ4v) is 4.87. The highest BCUT2D eigenvalue weighted by molar-refractivity contribution is 6.07. The molecule has 1 unspecified atom stereocenters. The van der Waals surface area contributed by atoms with E-state index in [1.165, 1.54) is 11.0 Å². The van der Waals surface area contributed by atoms with E-state index >= 15 is 0 Å². The van der Waals surface area contributed by atoms with Gasteiger partial charge in [-0.2, -0.15) is 0 Å². The van der Waals surface area contributed by atoms with Crippen LogP contribution in [0.2, 0.25) is 0 Å². The number of nitrogens with one attached hydrogen (secondary N) is 1. The molecule has 1 spiro atoms. The van der Waals surface area contributed by atoms with Crippen molar-refractivity contribution >= 4 is 17.8 Å². The molecule has 1 atom stereocenters. The molecule has 0 radical (unpaired) electrons. The first-order valence-electron chi connectivity index (χ1n) is 10.8. The Morgan fingerprint density at radius 3 is 2.63 bits per heavy atom. The van der Waals surface area contributed by atoms with Gasteiger partial charge in [-0.1, -0.05) is 25.1 Å². The number of rotatable bonds is 4. The van der Waals surface area contributed by atoms with Gasteiger partial charge >= 0.3 is 6.03 Å². The zero-order chi connectivity index (χ0) is 21.3. The van der Waals surface area contributed by atoms with Crippen molar-refractivity contribution in [3.8, 4) is 0 Å². The number of benzene rings is 1. The lowest BCUT2D eigenvalue weighted by atomic mass is 9.87. The molecule has 3 aliphatic heterocycles. The molecule has 1 N–H and O–H groups in total. The van der Waals surface area contributed by atoms with Crippen molar-refractivity contribution in [3.05, 3.63) is 35.6 Å². The van der Waals surface area contributed by atoms with Crippen LogP contribution in [0.4, 0.5) is 9.18 Å². The van der Waals surface area contributed by atoms with E-state index in [-0.39, 0.29) is 30.3 Å². The van der Waals surface area contributed by atoms with Gasteiger partial charge in [-0.15, -0.1) is 0 Å². The monoisotopic (exact) mass is 416 g/mol. The highest BCUT2D eigenvalue weighted by Gasteiger charge is 2.54. The number of carbonyl (C=O) groups is 3. The molecular formula is C22H29FN4O3. The van der Waals surface area contributed by atoms with Crippen molar-refractivity contribution in [3.63, 3.8) is 0 Å². The Bertz CT molecular complexity index is 837. The van der Waals surface area contributed by atoms with Crippen molar-refractivity contribution < 1.29 is 18.8 Å². The van der Waals surface area contributed by atoms with E-state index < -0.39 is 11.4 Å². The maximum absolute atomic E-state index is 13.9. The molecule has 3 fully saturated rings. The number of urea groups is 1. The number of hydrogen-bond donors (Lipinski definition) is 1. The highest BCUT2D eigenvalue weighted by atomic mass is 19.1. The SMILES string of the molecule is CCN1CCC2(CC1)NC(=O)N(C1CCCN(C(=O)Cc3ccccc3F)C1)C2=O. The molecule has 7 nitrogen and oxygen atoms in total. The van der Waals surface area contributed by atoms with Crippen LogP contribution in [0.5, 0.6) is 0 Å². The lowest BCUT2D eigenvalue weighted by Gasteiger charge is -2.39. The third-order valence-corrected chi connectivity index (χ3v) is 6.76. The molecule has 8 heteroatoms. The molecule has 30 heavy (non-hydrogen) atoms. The molecule has 4 amide bonds. The maximum Gasteiger partial charge on any atom is 0.325 e. The average molecular weight is 416 g/mol. The summed E-state index contributed by atoms with van der Waals surface area (Å²) in [4.78, 5) is 44.1. The van der Waals surface area contributed by atoms with Gasteiger partial charge in [-0.3, -0.25) is 14.5 Å². The molecule has 1 aromatic rings. The smallest absolute Gasteiger partial charge is 0.325 e. The number of halogens is 1. The molecule has 0 aliphatic carbocycles. The minimum absolute atomic E-state index is 0.0175. The van der Waals surface area contributed by atoms with Crippen LogP contribution in [0.1, 0.15) is 38.2 Å². The van der Waals surface area contributed by atoms with Gasteiger partial charge in [-0.25, -0.2) is 9.18 Å². The summed E-state index contributed by atoms with van der Waals surface area (Å²) in [5.41, 5.74) is -0.441. The summed E-state index contributed by atoms with van der Waals surface area (Å²) in [7, 11) is 0. The Hall–Kier alpha value is -2.48. The zero-order valence-corrected chi connectivity index (χ0v) is 17.4. The number of piperidine rings is 2. The topological polar surface area (TPSA) is 73.0 Å². The van der Waals surface area contributed by atoms with Gasteiger partial charge in [0.2, 0.25) is 5.91 Å². The lowest BCUT2D eigenvalue weighted by Crippen LogP contribution is -2.56.